The summed E-state index contributed by atoms with van der Waals surface area (Å²) >= 11 is 0. The molecule has 122 valence electrons. The number of allylic oxidation sites excluding steroid dienone is 1. The van der Waals surface area contributed by atoms with Gasteiger partial charge in [0, 0.05) is 5.70 Å². The fourth-order valence-electron chi connectivity index (χ4n) is 2.78. The SMILES string of the molecule is CCOC(=O)C1=C(C)NC(=O)N[C@@H]1c1cc2c(cc1C)OCO2. The lowest BCUT2D eigenvalue weighted by atomic mass is 9.92. The molecule has 0 saturated heterocycles. The topological polar surface area (TPSA) is 85.9 Å². The van der Waals surface area contributed by atoms with Gasteiger partial charge in [0.25, 0.3) is 0 Å². The molecule has 7 heteroatoms. The molecule has 0 bridgehead atoms. The van der Waals surface area contributed by atoms with Gasteiger partial charge in [0.2, 0.25) is 6.79 Å². The van der Waals surface area contributed by atoms with Gasteiger partial charge in [0.1, 0.15) is 0 Å². The largest absolute Gasteiger partial charge is 0.463 e. The van der Waals surface area contributed by atoms with Gasteiger partial charge in [0.05, 0.1) is 18.2 Å². The third kappa shape index (κ3) is 2.69. The minimum atomic E-state index is -0.600. The zero-order chi connectivity index (χ0) is 16.6. The van der Waals surface area contributed by atoms with Crippen LogP contribution in [0.1, 0.15) is 31.0 Å². The smallest absolute Gasteiger partial charge is 0.338 e. The van der Waals surface area contributed by atoms with Crippen molar-refractivity contribution in [3.8, 4) is 11.5 Å². The summed E-state index contributed by atoms with van der Waals surface area (Å²) in [5.74, 6) is 0.795. The number of nitrogens with one attached hydrogen (secondary N) is 2. The number of benzene rings is 1. The zero-order valence-corrected chi connectivity index (χ0v) is 13.2. The molecule has 2 aliphatic rings. The van der Waals surface area contributed by atoms with Gasteiger partial charge in [0.15, 0.2) is 11.5 Å². The second-order valence-electron chi connectivity index (χ2n) is 5.35. The van der Waals surface area contributed by atoms with E-state index in [2.05, 4.69) is 10.6 Å². The number of hydrogen-bond acceptors (Lipinski definition) is 5. The van der Waals surface area contributed by atoms with Crippen LogP contribution in [-0.4, -0.2) is 25.4 Å². The van der Waals surface area contributed by atoms with Gasteiger partial charge >= 0.3 is 12.0 Å². The van der Waals surface area contributed by atoms with Gasteiger partial charge in [-0.1, -0.05) is 0 Å². The van der Waals surface area contributed by atoms with Gasteiger partial charge in [-0.25, -0.2) is 9.59 Å². The van der Waals surface area contributed by atoms with E-state index in [-0.39, 0.29) is 19.4 Å². The van der Waals surface area contributed by atoms with Crippen LogP contribution in [0.2, 0.25) is 0 Å². The van der Waals surface area contributed by atoms with Crippen LogP contribution in [0.3, 0.4) is 0 Å². The van der Waals surface area contributed by atoms with Crippen LogP contribution < -0.4 is 20.1 Å². The molecule has 7 nitrogen and oxygen atoms in total. The van der Waals surface area contributed by atoms with E-state index in [0.29, 0.717) is 22.8 Å². The minimum absolute atomic E-state index is 0.163. The molecule has 23 heavy (non-hydrogen) atoms. The van der Waals surface area contributed by atoms with E-state index in [1.165, 1.54) is 0 Å². The predicted molar refractivity (Wildman–Crippen MR) is 81.0 cm³/mol. The third-order valence-corrected chi connectivity index (χ3v) is 3.84. The maximum absolute atomic E-state index is 12.3. The highest BCUT2D eigenvalue weighted by atomic mass is 16.7. The maximum Gasteiger partial charge on any atom is 0.338 e. The lowest BCUT2D eigenvalue weighted by Crippen LogP contribution is -2.45. The van der Waals surface area contributed by atoms with Gasteiger partial charge in [-0.15, -0.1) is 0 Å². The Balaban J connectivity index is 2.07. The number of carbonyl (C=O) groups excluding carboxylic acids is 2. The summed E-state index contributed by atoms with van der Waals surface area (Å²) in [5.41, 5.74) is 2.52. The lowest BCUT2D eigenvalue weighted by molar-refractivity contribution is -0.139. The van der Waals surface area contributed by atoms with Crippen molar-refractivity contribution >= 4 is 12.0 Å². The molecule has 0 aliphatic carbocycles. The molecule has 0 spiro atoms. The highest BCUT2D eigenvalue weighted by Gasteiger charge is 2.34. The summed E-state index contributed by atoms with van der Waals surface area (Å²) in [6.45, 7) is 5.74. The average molecular weight is 318 g/mol. The van der Waals surface area contributed by atoms with Crippen molar-refractivity contribution in [3.05, 3.63) is 34.5 Å². The third-order valence-electron chi connectivity index (χ3n) is 3.84. The molecule has 2 amide bonds. The van der Waals surface area contributed by atoms with Crippen molar-refractivity contribution < 1.29 is 23.8 Å². The van der Waals surface area contributed by atoms with Gasteiger partial charge in [-0.2, -0.15) is 0 Å². The highest BCUT2D eigenvalue weighted by Crippen LogP contribution is 2.39. The van der Waals surface area contributed by atoms with Crippen molar-refractivity contribution in [2.75, 3.05) is 13.4 Å². The van der Waals surface area contributed by atoms with E-state index < -0.39 is 12.0 Å². The van der Waals surface area contributed by atoms with Crippen molar-refractivity contribution in [1.29, 1.82) is 0 Å². The van der Waals surface area contributed by atoms with Crippen molar-refractivity contribution in [3.63, 3.8) is 0 Å². The molecule has 0 unspecified atom stereocenters. The molecule has 0 aromatic heterocycles. The Morgan fingerprint density at radius 2 is 2.00 bits per heavy atom. The first-order chi connectivity index (χ1) is 11.0. The quantitative estimate of drug-likeness (QED) is 0.832. The van der Waals surface area contributed by atoms with Gasteiger partial charge < -0.3 is 24.8 Å². The standard InChI is InChI=1S/C16H18N2O5/c1-4-21-15(19)13-9(3)17-16(20)18-14(13)10-6-12-11(5-8(10)2)22-7-23-12/h5-6,14H,4,7H2,1-3H3,(H2,17,18,20)/t14-/m1/s1. The number of urea groups is 1. The molecule has 1 atom stereocenters. The Hall–Kier alpha value is -2.70. The molecule has 1 aromatic rings. The number of hydrogen-bond donors (Lipinski definition) is 2. The predicted octanol–water partition coefficient (Wildman–Crippen LogP) is 1.91. The highest BCUT2D eigenvalue weighted by molar-refractivity contribution is 5.95. The monoisotopic (exact) mass is 318 g/mol. The van der Waals surface area contributed by atoms with E-state index in [9.17, 15) is 9.59 Å². The number of carbonyl (C=O) groups is 2. The number of amides is 2. The summed E-state index contributed by atoms with van der Waals surface area (Å²) in [6, 6.07) is 2.67. The number of aryl methyl sites for hydroxylation is 1. The Bertz CT molecular complexity index is 711. The molecule has 0 fully saturated rings. The van der Waals surface area contributed by atoms with Crippen LogP contribution in [0, 0.1) is 6.92 Å². The Morgan fingerprint density at radius 1 is 1.30 bits per heavy atom. The fourth-order valence-corrected chi connectivity index (χ4v) is 2.78. The van der Waals surface area contributed by atoms with Gasteiger partial charge in [-0.05, 0) is 44.0 Å². The molecular formula is C16H18N2O5. The number of esters is 1. The molecule has 0 saturated carbocycles. The molecule has 3 rings (SSSR count). The van der Waals surface area contributed by atoms with E-state index >= 15 is 0 Å². The van der Waals surface area contributed by atoms with E-state index in [4.69, 9.17) is 14.2 Å². The van der Waals surface area contributed by atoms with Crippen LogP contribution in [0.4, 0.5) is 4.79 Å². The Kier molecular flexibility index (Phi) is 3.85. The molecule has 2 heterocycles. The van der Waals surface area contributed by atoms with Crippen LogP contribution in [0.15, 0.2) is 23.4 Å². The molecule has 1 aromatic carbocycles. The van der Waals surface area contributed by atoms with Crippen molar-refractivity contribution in [2.45, 2.75) is 26.8 Å². The second-order valence-corrected chi connectivity index (χ2v) is 5.35. The Labute approximate surface area is 133 Å². The maximum atomic E-state index is 12.3. The first-order valence-electron chi connectivity index (χ1n) is 7.36. The summed E-state index contributed by atoms with van der Waals surface area (Å²) < 4.78 is 15.9. The van der Waals surface area contributed by atoms with Crippen LogP contribution >= 0.6 is 0 Å². The molecular weight excluding hydrogens is 300 g/mol. The van der Waals surface area contributed by atoms with Gasteiger partial charge in [-0.3, -0.25) is 0 Å². The summed E-state index contributed by atoms with van der Waals surface area (Å²) in [6.07, 6.45) is 0. The molecule has 2 aliphatic heterocycles. The van der Waals surface area contributed by atoms with Crippen LogP contribution in [0.5, 0.6) is 11.5 Å². The molecule has 2 N–H and O–H groups in total. The molecule has 0 radical (unpaired) electrons. The normalized spacial score (nSPS) is 19.3. The summed E-state index contributed by atoms with van der Waals surface area (Å²) in [5, 5.41) is 5.39. The number of fused-ring (bicyclic) bond motifs is 1. The first kappa shape index (κ1) is 15.2. The second kappa shape index (κ2) is 5.83. The first-order valence-corrected chi connectivity index (χ1v) is 7.36. The van der Waals surface area contributed by atoms with E-state index in [1.54, 1.807) is 19.9 Å². The average Bonchev–Trinajstić information content (AvgIpc) is 2.92. The summed E-state index contributed by atoms with van der Waals surface area (Å²) in [4.78, 5) is 24.2. The van der Waals surface area contributed by atoms with Crippen molar-refractivity contribution in [2.24, 2.45) is 0 Å². The zero-order valence-electron chi connectivity index (χ0n) is 13.2. The van der Waals surface area contributed by atoms with E-state index in [1.807, 2.05) is 13.0 Å². The van der Waals surface area contributed by atoms with Crippen LogP contribution in [-0.2, 0) is 9.53 Å². The number of rotatable bonds is 3. The summed E-state index contributed by atoms with van der Waals surface area (Å²) in [7, 11) is 0. The Morgan fingerprint density at radius 3 is 2.70 bits per heavy atom. The van der Waals surface area contributed by atoms with Crippen molar-refractivity contribution in [1.82, 2.24) is 10.6 Å². The fraction of sp³-hybridized carbons (Fsp3) is 0.375. The lowest BCUT2D eigenvalue weighted by Gasteiger charge is -2.29. The minimum Gasteiger partial charge on any atom is -0.463 e. The van der Waals surface area contributed by atoms with Crippen LogP contribution in [0.25, 0.3) is 0 Å². The number of ether oxygens (including phenoxy) is 3. The van der Waals surface area contributed by atoms with E-state index in [0.717, 1.165) is 11.1 Å².